The molecule has 2 aromatic rings. The van der Waals surface area contributed by atoms with E-state index in [2.05, 4.69) is 38.8 Å². The van der Waals surface area contributed by atoms with E-state index < -0.39 is 0 Å². The quantitative estimate of drug-likeness (QED) is 0.903. The SMILES string of the molecule is CCc1cc(=O)[nH]c(-c2ccc(N(C)CC3CCN(C)CC3)nc2)n1. The smallest absolute Gasteiger partial charge is 0.251 e. The van der Waals surface area contributed by atoms with Gasteiger partial charge in [0.1, 0.15) is 11.6 Å². The van der Waals surface area contributed by atoms with Gasteiger partial charge < -0.3 is 14.8 Å². The first kappa shape index (κ1) is 17.6. The van der Waals surface area contributed by atoms with Crippen LogP contribution >= 0.6 is 0 Å². The molecule has 0 atom stereocenters. The minimum atomic E-state index is -0.120. The van der Waals surface area contributed by atoms with E-state index in [1.807, 2.05) is 19.1 Å². The second-order valence-electron chi connectivity index (χ2n) is 6.97. The van der Waals surface area contributed by atoms with Crippen LogP contribution in [0.15, 0.2) is 29.2 Å². The molecule has 3 rings (SSSR count). The van der Waals surface area contributed by atoms with Gasteiger partial charge in [-0.3, -0.25) is 4.79 Å². The van der Waals surface area contributed by atoms with E-state index in [9.17, 15) is 4.79 Å². The molecule has 0 spiro atoms. The number of nitrogens with one attached hydrogen (secondary N) is 1. The first-order valence-electron chi connectivity index (χ1n) is 9.01. The molecule has 6 nitrogen and oxygen atoms in total. The molecule has 1 N–H and O–H groups in total. The molecular weight excluding hydrogens is 314 g/mol. The zero-order valence-electron chi connectivity index (χ0n) is 15.3. The number of hydrogen-bond acceptors (Lipinski definition) is 5. The maximum atomic E-state index is 11.7. The van der Waals surface area contributed by atoms with E-state index in [4.69, 9.17) is 0 Å². The van der Waals surface area contributed by atoms with Gasteiger partial charge in [-0.1, -0.05) is 6.92 Å². The molecule has 0 amide bonds. The summed E-state index contributed by atoms with van der Waals surface area (Å²) in [7, 11) is 4.28. The standard InChI is InChI=1S/C19H27N5O/c1-4-16-11-18(25)22-19(21-16)15-5-6-17(20-12-15)24(3)13-14-7-9-23(2)10-8-14/h5-6,11-12,14H,4,7-10,13H2,1-3H3,(H,21,22,25). The molecule has 1 aliphatic heterocycles. The highest BCUT2D eigenvalue weighted by Crippen LogP contribution is 2.21. The predicted molar refractivity (Wildman–Crippen MR) is 101 cm³/mol. The molecule has 0 aliphatic carbocycles. The van der Waals surface area contributed by atoms with E-state index in [0.29, 0.717) is 5.82 Å². The lowest BCUT2D eigenvalue weighted by Gasteiger charge is -2.32. The van der Waals surface area contributed by atoms with Gasteiger partial charge in [-0.25, -0.2) is 9.97 Å². The van der Waals surface area contributed by atoms with Gasteiger partial charge in [0.2, 0.25) is 0 Å². The molecule has 1 aliphatic rings. The van der Waals surface area contributed by atoms with E-state index in [-0.39, 0.29) is 5.56 Å². The Balaban J connectivity index is 1.69. The van der Waals surface area contributed by atoms with Crippen molar-refractivity contribution in [3.8, 4) is 11.4 Å². The van der Waals surface area contributed by atoms with Crippen molar-refractivity contribution in [1.82, 2.24) is 19.9 Å². The van der Waals surface area contributed by atoms with Gasteiger partial charge in [0.15, 0.2) is 0 Å². The molecule has 0 radical (unpaired) electrons. The van der Waals surface area contributed by atoms with Crippen LogP contribution in [0.3, 0.4) is 0 Å². The van der Waals surface area contributed by atoms with Crippen molar-refractivity contribution in [2.75, 3.05) is 38.6 Å². The lowest BCUT2D eigenvalue weighted by molar-refractivity contribution is 0.222. The average molecular weight is 341 g/mol. The highest BCUT2D eigenvalue weighted by molar-refractivity contribution is 5.56. The van der Waals surface area contributed by atoms with Crippen LogP contribution in [0.1, 0.15) is 25.5 Å². The number of aryl methyl sites for hydroxylation is 1. The number of aromatic amines is 1. The van der Waals surface area contributed by atoms with Crippen LogP contribution in [-0.4, -0.2) is 53.6 Å². The molecule has 1 fully saturated rings. The maximum absolute atomic E-state index is 11.7. The van der Waals surface area contributed by atoms with Gasteiger partial charge in [0.05, 0.1) is 0 Å². The van der Waals surface area contributed by atoms with Crippen molar-refractivity contribution in [2.24, 2.45) is 5.92 Å². The summed E-state index contributed by atoms with van der Waals surface area (Å²) in [5.74, 6) is 2.26. The molecule has 134 valence electrons. The molecular formula is C19H27N5O. The average Bonchev–Trinajstić information content (AvgIpc) is 2.63. The number of nitrogens with zero attached hydrogens (tertiary/aromatic N) is 4. The largest absolute Gasteiger partial charge is 0.359 e. The first-order chi connectivity index (χ1) is 12.0. The molecule has 0 unspecified atom stereocenters. The third-order valence-electron chi connectivity index (χ3n) is 4.94. The Labute approximate surface area is 148 Å². The number of pyridine rings is 1. The molecule has 0 saturated carbocycles. The molecule has 0 aromatic carbocycles. The summed E-state index contributed by atoms with van der Waals surface area (Å²) in [6.45, 7) is 5.38. The maximum Gasteiger partial charge on any atom is 0.251 e. The van der Waals surface area contributed by atoms with Gasteiger partial charge in [0, 0.05) is 37.1 Å². The summed E-state index contributed by atoms with van der Waals surface area (Å²) in [4.78, 5) is 28.2. The van der Waals surface area contributed by atoms with Gasteiger partial charge in [0.25, 0.3) is 5.56 Å². The van der Waals surface area contributed by atoms with E-state index in [1.165, 1.54) is 25.9 Å². The Morgan fingerprint density at radius 3 is 2.72 bits per heavy atom. The highest BCUT2D eigenvalue weighted by Gasteiger charge is 2.18. The number of hydrogen-bond donors (Lipinski definition) is 1. The second kappa shape index (κ2) is 7.78. The zero-order chi connectivity index (χ0) is 17.8. The normalized spacial score (nSPS) is 16.1. The van der Waals surface area contributed by atoms with Crippen LogP contribution in [0.4, 0.5) is 5.82 Å². The summed E-state index contributed by atoms with van der Waals surface area (Å²) in [5.41, 5.74) is 1.51. The topological polar surface area (TPSA) is 65.1 Å². The third-order valence-corrected chi connectivity index (χ3v) is 4.94. The number of aromatic nitrogens is 3. The van der Waals surface area contributed by atoms with Gasteiger partial charge >= 0.3 is 0 Å². The van der Waals surface area contributed by atoms with Gasteiger partial charge in [-0.05, 0) is 57.5 Å². The Morgan fingerprint density at radius 2 is 2.08 bits per heavy atom. The summed E-state index contributed by atoms with van der Waals surface area (Å²) < 4.78 is 0. The van der Waals surface area contributed by atoms with Crippen LogP contribution in [0.5, 0.6) is 0 Å². The van der Waals surface area contributed by atoms with Crippen molar-refractivity contribution in [3.05, 3.63) is 40.4 Å². The molecule has 0 bridgehead atoms. The minimum absolute atomic E-state index is 0.120. The lowest BCUT2D eigenvalue weighted by atomic mass is 9.97. The van der Waals surface area contributed by atoms with E-state index in [0.717, 1.165) is 36.0 Å². The fraction of sp³-hybridized carbons (Fsp3) is 0.526. The van der Waals surface area contributed by atoms with Crippen LogP contribution < -0.4 is 10.5 Å². The summed E-state index contributed by atoms with van der Waals surface area (Å²) >= 11 is 0. The van der Waals surface area contributed by atoms with Crippen LogP contribution in [0.2, 0.25) is 0 Å². The fourth-order valence-electron chi connectivity index (χ4n) is 3.30. The Kier molecular flexibility index (Phi) is 5.48. The Hall–Kier alpha value is -2.21. The monoisotopic (exact) mass is 341 g/mol. The number of rotatable bonds is 5. The minimum Gasteiger partial charge on any atom is -0.359 e. The van der Waals surface area contributed by atoms with Crippen molar-refractivity contribution >= 4 is 5.82 Å². The van der Waals surface area contributed by atoms with E-state index in [1.54, 1.807) is 12.3 Å². The second-order valence-corrected chi connectivity index (χ2v) is 6.97. The number of likely N-dealkylation sites (tertiary alicyclic amines) is 1. The lowest BCUT2D eigenvalue weighted by Crippen LogP contribution is -2.35. The molecule has 3 heterocycles. The highest BCUT2D eigenvalue weighted by atomic mass is 16.1. The third kappa shape index (κ3) is 4.45. The molecule has 6 heteroatoms. The molecule has 25 heavy (non-hydrogen) atoms. The molecule has 1 saturated heterocycles. The van der Waals surface area contributed by atoms with Crippen LogP contribution in [-0.2, 0) is 6.42 Å². The summed E-state index contributed by atoms with van der Waals surface area (Å²) in [6.07, 6.45) is 5.02. The van der Waals surface area contributed by atoms with Gasteiger partial charge in [-0.2, -0.15) is 0 Å². The van der Waals surface area contributed by atoms with Crippen molar-refractivity contribution in [1.29, 1.82) is 0 Å². The Morgan fingerprint density at radius 1 is 1.32 bits per heavy atom. The van der Waals surface area contributed by atoms with Crippen molar-refractivity contribution < 1.29 is 0 Å². The fourth-order valence-corrected chi connectivity index (χ4v) is 3.30. The van der Waals surface area contributed by atoms with Crippen molar-refractivity contribution in [3.63, 3.8) is 0 Å². The van der Waals surface area contributed by atoms with E-state index >= 15 is 0 Å². The summed E-state index contributed by atoms with van der Waals surface area (Å²) in [6, 6.07) is 5.52. The predicted octanol–water partition coefficient (Wildman–Crippen LogP) is 2.17. The zero-order valence-corrected chi connectivity index (χ0v) is 15.3. The number of anilines is 1. The van der Waals surface area contributed by atoms with Crippen LogP contribution in [0.25, 0.3) is 11.4 Å². The number of H-pyrrole nitrogens is 1. The first-order valence-corrected chi connectivity index (χ1v) is 9.01. The van der Waals surface area contributed by atoms with Crippen LogP contribution in [0, 0.1) is 5.92 Å². The number of piperidine rings is 1. The Bertz CT molecular complexity index is 747. The van der Waals surface area contributed by atoms with Crippen molar-refractivity contribution in [2.45, 2.75) is 26.2 Å². The molecule has 2 aromatic heterocycles. The van der Waals surface area contributed by atoms with Gasteiger partial charge in [-0.15, -0.1) is 0 Å². The summed E-state index contributed by atoms with van der Waals surface area (Å²) in [5, 5.41) is 0.